The molecule has 0 aliphatic heterocycles. The zero-order valence-electron chi connectivity index (χ0n) is 8.83. The van der Waals surface area contributed by atoms with Crippen LogP contribution in [0.5, 0.6) is 0 Å². The predicted octanol–water partition coefficient (Wildman–Crippen LogP) is 3.45. The second kappa shape index (κ2) is 4.22. The molecule has 0 N–H and O–H groups in total. The van der Waals surface area contributed by atoms with Crippen LogP contribution in [0.3, 0.4) is 0 Å². The van der Waals surface area contributed by atoms with Crippen LogP contribution in [0.1, 0.15) is 32.0 Å². The number of pyridine rings is 1. The molecule has 0 aromatic carbocycles. The van der Waals surface area contributed by atoms with E-state index in [0.29, 0.717) is 5.92 Å². The molecule has 0 unspecified atom stereocenters. The molecule has 0 saturated carbocycles. The largest absolute Gasteiger partial charge is 0.257 e. The number of rotatable bonds is 2. The van der Waals surface area contributed by atoms with E-state index in [1.54, 1.807) is 0 Å². The van der Waals surface area contributed by atoms with Gasteiger partial charge in [-0.25, -0.2) is 0 Å². The minimum atomic E-state index is 0.585. The Labute approximate surface area is 80.5 Å². The maximum atomic E-state index is 4.32. The molecule has 0 atom stereocenters. The van der Waals surface area contributed by atoms with Crippen molar-refractivity contribution in [3.63, 3.8) is 0 Å². The topological polar surface area (TPSA) is 12.9 Å². The fourth-order valence-corrected chi connectivity index (χ4v) is 1.34. The van der Waals surface area contributed by atoms with Crippen LogP contribution in [-0.2, 0) is 0 Å². The molecule has 1 heterocycles. The highest BCUT2D eigenvalue weighted by Crippen LogP contribution is 2.14. The molecule has 0 radical (unpaired) electrons. The van der Waals surface area contributed by atoms with E-state index in [1.165, 1.54) is 11.1 Å². The molecule has 0 spiro atoms. The molecule has 0 amide bonds. The van der Waals surface area contributed by atoms with Crippen LogP contribution in [-0.4, -0.2) is 4.98 Å². The van der Waals surface area contributed by atoms with Gasteiger partial charge in [0, 0.05) is 6.20 Å². The molecule has 0 fully saturated rings. The Hall–Kier alpha value is -1.11. The lowest BCUT2D eigenvalue weighted by molar-refractivity contribution is 0.832. The molecule has 1 aromatic rings. The Bertz CT molecular complexity index is 311. The molecule has 1 nitrogen and oxygen atoms in total. The fraction of sp³-hybridized carbons (Fsp3) is 0.417. The van der Waals surface area contributed by atoms with Gasteiger partial charge in [0.25, 0.3) is 0 Å². The van der Waals surface area contributed by atoms with Gasteiger partial charge in [-0.2, -0.15) is 0 Å². The van der Waals surface area contributed by atoms with Gasteiger partial charge >= 0.3 is 0 Å². The monoisotopic (exact) mass is 175 g/mol. The fourth-order valence-electron chi connectivity index (χ4n) is 1.34. The molecule has 70 valence electrons. The van der Waals surface area contributed by atoms with E-state index in [0.717, 1.165) is 5.69 Å². The van der Waals surface area contributed by atoms with Gasteiger partial charge in [-0.05, 0) is 43.0 Å². The van der Waals surface area contributed by atoms with Crippen molar-refractivity contribution in [1.29, 1.82) is 0 Å². The number of aromatic nitrogens is 1. The van der Waals surface area contributed by atoms with Crippen molar-refractivity contribution >= 4 is 5.57 Å². The molecule has 0 aliphatic rings. The minimum absolute atomic E-state index is 0.585. The molecule has 0 bridgehead atoms. The third kappa shape index (κ3) is 3.02. The Morgan fingerprint density at radius 1 is 1.46 bits per heavy atom. The van der Waals surface area contributed by atoms with E-state index in [-0.39, 0.29) is 0 Å². The van der Waals surface area contributed by atoms with Crippen LogP contribution in [0.25, 0.3) is 5.57 Å². The van der Waals surface area contributed by atoms with Crippen LogP contribution in [0.15, 0.2) is 24.4 Å². The molecule has 13 heavy (non-hydrogen) atoms. The Kier molecular flexibility index (Phi) is 3.24. The number of nitrogens with zero attached hydrogens (tertiary/aromatic N) is 1. The first-order valence-corrected chi connectivity index (χ1v) is 4.71. The van der Waals surface area contributed by atoms with Gasteiger partial charge in [-0.3, -0.25) is 4.98 Å². The zero-order valence-corrected chi connectivity index (χ0v) is 8.83. The Morgan fingerprint density at radius 2 is 2.15 bits per heavy atom. The summed E-state index contributed by atoms with van der Waals surface area (Å²) < 4.78 is 0. The third-order valence-corrected chi connectivity index (χ3v) is 1.90. The first-order chi connectivity index (χ1) is 6.09. The van der Waals surface area contributed by atoms with Crippen LogP contribution in [0.4, 0.5) is 0 Å². The lowest BCUT2D eigenvalue weighted by atomic mass is 10.1. The molecular formula is C12H17N. The van der Waals surface area contributed by atoms with Crippen LogP contribution >= 0.6 is 0 Å². The summed E-state index contributed by atoms with van der Waals surface area (Å²) in [6.07, 6.45) is 4.10. The highest BCUT2D eigenvalue weighted by atomic mass is 14.7. The van der Waals surface area contributed by atoms with Crippen molar-refractivity contribution in [3.8, 4) is 0 Å². The van der Waals surface area contributed by atoms with Gasteiger partial charge in [-0.1, -0.05) is 19.9 Å². The average Bonchev–Trinajstić information content (AvgIpc) is 2.03. The van der Waals surface area contributed by atoms with Crippen LogP contribution < -0.4 is 0 Å². The molecule has 0 saturated heterocycles. The summed E-state index contributed by atoms with van der Waals surface area (Å²) in [5, 5.41) is 0. The van der Waals surface area contributed by atoms with E-state index < -0.39 is 0 Å². The standard InChI is InChI=1S/C12H17N/c1-9(2)7-11(4)12-8-10(3)5-6-13-12/h5-9H,1-4H3/b11-7+. The molecule has 0 aliphatic carbocycles. The third-order valence-electron chi connectivity index (χ3n) is 1.90. The second-order valence-corrected chi connectivity index (χ2v) is 3.81. The van der Waals surface area contributed by atoms with Gasteiger partial charge in [0.05, 0.1) is 5.69 Å². The first-order valence-electron chi connectivity index (χ1n) is 4.71. The van der Waals surface area contributed by atoms with Crippen molar-refractivity contribution in [1.82, 2.24) is 4.98 Å². The van der Waals surface area contributed by atoms with Gasteiger partial charge in [0.15, 0.2) is 0 Å². The van der Waals surface area contributed by atoms with E-state index in [1.807, 2.05) is 12.3 Å². The summed E-state index contributed by atoms with van der Waals surface area (Å²) in [5.74, 6) is 0.585. The number of hydrogen-bond donors (Lipinski definition) is 0. The molecule has 1 rings (SSSR count). The van der Waals surface area contributed by atoms with Crippen LogP contribution in [0.2, 0.25) is 0 Å². The smallest absolute Gasteiger partial charge is 0.0658 e. The quantitative estimate of drug-likeness (QED) is 0.671. The summed E-state index contributed by atoms with van der Waals surface area (Å²) in [6.45, 7) is 8.56. The molecule has 1 aromatic heterocycles. The summed E-state index contributed by atoms with van der Waals surface area (Å²) in [7, 11) is 0. The number of hydrogen-bond acceptors (Lipinski definition) is 1. The van der Waals surface area contributed by atoms with Crippen molar-refractivity contribution in [2.75, 3.05) is 0 Å². The first kappa shape index (κ1) is 9.97. The molecule has 1 heteroatoms. The van der Waals surface area contributed by atoms with E-state index in [2.05, 4.69) is 44.8 Å². The number of allylic oxidation sites excluding steroid dienone is 2. The van der Waals surface area contributed by atoms with Gasteiger partial charge < -0.3 is 0 Å². The molecular weight excluding hydrogens is 158 g/mol. The van der Waals surface area contributed by atoms with Crippen molar-refractivity contribution < 1.29 is 0 Å². The Morgan fingerprint density at radius 3 is 2.69 bits per heavy atom. The summed E-state index contributed by atoms with van der Waals surface area (Å²) in [4.78, 5) is 4.32. The normalized spacial score (nSPS) is 12.2. The van der Waals surface area contributed by atoms with E-state index >= 15 is 0 Å². The average molecular weight is 175 g/mol. The zero-order chi connectivity index (χ0) is 9.84. The predicted molar refractivity (Wildman–Crippen MR) is 57.5 cm³/mol. The van der Waals surface area contributed by atoms with Crippen LogP contribution in [0, 0.1) is 12.8 Å². The van der Waals surface area contributed by atoms with Gasteiger partial charge in [-0.15, -0.1) is 0 Å². The van der Waals surface area contributed by atoms with Crippen molar-refractivity contribution in [3.05, 3.63) is 35.7 Å². The number of aryl methyl sites for hydroxylation is 1. The van der Waals surface area contributed by atoms with E-state index in [9.17, 15) is 0 Å². The lowest BCUT2D eigenvalue weighted by Crippen LogP contribution is -1.89. The maximum Gasteiger partial charge on any atom is 0.0658 e. The van der Waals surface area contributed by atoms with Gasteiger partial charge in [0.2, 0.25) is 0 Å². The summed E-state index contributed by atoms with van der Waals surface area (Å²) in [6, 6.07) is 4.14. The lowest BCUT2D eigenvalue weighted by Gasteiger charge is -2.03. The summed E-state index contributed by atoms with van der Waals surface area (Å²) in [5.41, 5.74) is 3.62. The van der Waals surface area contributed by atoms with Gasteiger partial charge in [0.1, 0.15) is 0 Å². The second-order valence-electron chi connectivity index (χ2n) is 3.81. The SMILES string of the molecule is C/C(=C\C(C)C)c1cc(C)ccn1. The Balaban J connectivity index is 2.95. The highest BCUT2D eigenvalue weighted by molar-refractivity contribution is 5.60. The highest BCUT2D eigenvalue weighted by Gasteiger charge is 1.97. The van der Waals surface area contributed by atoms with Crippen molar-refractivity contribution in [2.24, 2.45) is 5.92 Å². The summed E-state index contributed by atoms with van der Waals surface area (Å²) >= 11 is 0. The van der Waals surface area contributed by atoms with Crippen molar-refractivity contribution in [2.45, 2.75) is 27.7 Å². The van der Waals surface area contributed by atoms with E-state index in [4.69, 9.17) is 0 Å². The maximum absolute atomic E-state index is 4.32. The minimum Gasteiger partial charge on any atom is -0.257 e.